The Labute approximate surface area is 168 Å². The summed E-state index contributed by atoms with van der Waals surface area (Å²) in [4.78, 5) is 22.1. The van der Waals surface area contributed by atoms with Gasteiger partial charge in [-0.2, -0.15) is 4.98 Å². The van der Waals surface area contributed by atoms with Crippen molar-refractivity contribution in [3.05, 3.63) is 72.7 Å². The normalized spacial score (nSPS) is 10.4. The van der Waals surface area contributed by atoms with Gasteiger partial charge >= 0.3 is 0 Å². The van der Waals surface area contributed by atoms with E-state index < -0.39 is 0 Å². The molecule has 1 aromatic carbocycles. The summed E-state index contributed by atoms with van der Waals surface area (Å²) >= 11 is 0. The Morgan fingerprint density at radius 2 is 1.41 bits per heavy atom. The highest BCUT2D eigenvalue weighted by Crippen LogP contribution is 2.19. The van der Waals surface area contributed by atoms with E-state index in [0.29, 0.717) is 23.4 Å². The first-order valence-electron chi connectivity index (χ1n) is 9.11. The van der Waals surface area contributed by atoms with E-state index in [9.17, 15) is 0 Å². The van der Waals surface area contributed by atoms with Gasteiger partial charge in [0.25, 0.3) is 0 Å². The van der Waals surface area contributed by atoms with Gasteiger partial charge in [0, 0.05) is 36.5 Å². The lowest BCUT2D eigenvalue weighted by atomic mass is 10.3. The van der Waals surface area contributed by atoms with E-state index in [-0.39, 0.29) is 0 Å². The fourth-order valence-corrected chi connectivity index (χ4v) is 2.69. The van der Waals surface area contributed by atoms with Crippen LogP contribution in [0.2, 0.25) is 0 Å². The Kier molecular flexibility index (Phi) is 5.24. The summed E-state index contributed by atoms with van der Waals surface area (Å²) in [6.07, 6.45) is 3.38. The summed E-state index contributed by atoms with van der Waals surface area (Å²) in [5.74, 6) is 2.29. The van der Waals surface area contributed by atoms with Crippen LogP contribution in [-0.4, -0.2) is 32.0 Å². The van der Waals surface area contributed by atoms with Gasteiger partial charge in [0.15, 0.2) is 5.82 Å². The minimum Gasteiger partial charge on any atom is -0.388 e. The molecule has 0 radical (unpaired) electrons. The lowest BCUT2D eigenvalue weighted by Gasteiger charge is -2.09. The van der Waals surface area contributed by atoms with Crippen LogP contribution in [0.3, 0.4) is 0 Å². The van der Waals surface area contributed by atoms with Crippen LogP contribution in [-0.2, 0) is 0 Å². The van der Waals surface area contributed by atoms with Crippen LogP contribution in [0.5, 0.6) is 0 Å². The minimum absolute atomic E-state index is 0.488. The predicted molar refractivity (Wildman–Crippen MR) is 115 cm³/mol. The van der Waals surface area contributed by atoms with Crippen molar-refractivity contribution in [2.45, 2.75) is 6.92 Å². The maximum Gasteiger partial charge on any atom is 0.229 e. The number of aromatic nitrogens is 5. The number of pyridine rings is 1. The van der Waals surface area contributed by atoms with E-state index in [1.54, 1.807) is 24.5 Å². The smallest absolute Gasteiger partial charge is 0.229 e. The molecular weight excluding hydrogens is 364 g/mol. The molecule has 0 unspecified atom stereocenters. The summed E-state index contributed by atoms with van der Waals surface area (Å²) in [7, 11) is 1.88. The Morgan fingerprint density at radius 3 is 2.17 bits per heavy atom. The minimum atomic E-state index is 0.488. The molecule has 3 heterocycles. The Balaban J connectivity index is 1.51. The number of anilines is 5. The Morgan fingerprint density at radius 1 is 0.690 bits per heavy atom. The maximum absolute atomic E-state index is 4.54. The summed E-state index contributed by atoms with van der Waals surface area (Å²) in [5, 5.41) is 9.47. The van der Waals surface area contributed by atoms with Gasteiger partial charge in [0.2, 0.25) is 5.95 Å². The van der Waals surface area contributed by atoms with Crippen molar-refractivity contribution in [1.82, 2.24) is 24.9 Å². The van der Waals surface area contributed by atoms with E-state index in [2.05, 4.69) is 40.9 Å². The van der Waals surface area contributed by atoms with E-state index in [1.807, 2.05) is 56.4 Å². The molecule has 4 aromatic rings. The molecule has 0 saturated heterocycles. The van der Waals surface area contributed by atoms with Crippen LogP contribution in [0, 0.1) is 6.92 Å². The van der Waals surface area contributed by atoms with Crippen LogP contribution in [0.15, 0.2) is 67.0 Å². The molecule has 8 nitrogen and oxygen atoms in total. The van der Waals surface area contributed by atoms with Gasteiger partial charge in [-0.25, -0.2) is 19.9 Å². The van der Waals surface area contributed by atoms with Crippen molar-refractivity contribution >= 4 is 29.0 Å². The molecule has 29 heavy (non-hydrogen) atoms. The van der Waals surface area contributed by atoms with Crippen LogP contribution in [0.1, 0.15) is 5.69 Å². The number of hydrogen-bond donors (Lipinski definition) is 3. The fraction of sp³-hybridized carbons (Fsp3) is 0.0952. The average Bonchev–Trinajstić information content (AvgIpc) is 2.75. The molecule has 3 N–H and O–H groups in total. The van der Waals surface area contributed by atoms with E-state index in [4.69, 9.17) is 0 Å². The lowest BCUT2D eigenvalue weighted by molar-refractivity contribution is 1.11. The van der Waals surface area contributed by atoms with Gasteiger partial charge in [-0.3, -0.25) is 0 Å². The van der Waals surface area contributed by atoms with Crippen molar-refractivity contribution < 1.29 is 0 Å². The highest BCUT2D eigenvalue weighted by molar-refractivity contribution is 5.61. The first-order valence-corrected chi connectivity index (χ1v) is 9.11. The molecule has 0 bridgehead atoms. The molecule has 0 saturated carbocycles. The second-order valence-corrected chi connectivity index (χ2v) is 6.27. The molecule has 0 atom stereocenters. The molecule has 0 fully saturated rings. The van der Waals surface area contributed by atoms with Gasteiger partial charge in [-0.15, -0.1) is 0 Å². The Hall–Kier alpha value is -4.07. The Bertz CT molecular complexity index is 1110. The summed E-state index contributed by atoms with van der Waals surface area (Å²) in [6, 6.07) is 17.2. The number of rotatable bonds is 6. The van der Waals surface area contributed by atoms with Crippen LogP contribution < -0.4 is 16.0 Å². The van der Waals surface area contributed by atoms with Gasteiger partial charge in [0.1, 0.15) is 17.3 Å². The van der Waals surface area contributed by atoms with Crippen molar-refractivity contribution in [3.8, 4) is 11.5 Å². The standard InChI is InChI=1S/C21H20N8/c1-14-4-3-5-17(25-14)20-23-12-10-18(28-20)27-19-11-13-24-21(29-19)26-16-8-6-15(22-2)7-9-16/h3-13,22H,1-2H3,(H2,23,24,26,27,28,29). The quantitative estimate of drug-likeness (QED) is 0.455. The largest absolute Gasteiger partial charge is 0.388 e. The zero-order chi connectivity index (χ0) is 20.1. The molecule has 0 amide bonds. The molecule has 0 aliphatic rings. The van der Waals surface area contributed by atoms with Gasteiger partial charge in [0.05, 0.1) is 0 Å². The second-order valence-electron chi connectivity index (χ2n) is 6.27. The molecule has 144 valence electrons. The number of benzene rings is 1. The van der Waals surface area contributed by atoms with Crippen LogP contribution in [0.25, 0.3) is 11.5 Å². The highest BCUT2D eigenvalue weighted by atomic mass is 15.2. The third-order valence-electron chi connectivity index (χ3n) is 4.11. The molecular formula is C21H20N8. The monoisotopic (exact) mass is 384 g/mol. The van der Waals surface area contributed by atoms with E-state index in [0.717, 1.165) is 22.8 Å². The number of nitrogens with one attached hydrogen (secondary N) is 3. The topological polar surface area (TPSA) is 101 Å². The van der Waals surface area contributed by atoms with Crippen LogP contribution in [0.4, 0.5) is 29.0 Å². The van der Waals surface area contributed by atoms with E-state index >= 15 is 0 Å². The number of aryl methyl sites for hydroxylation is 1. The van der Waals surface area contributed by atoms with Crippen molar-refractivity contribution in [2.24, 2.45) is 0 Å². The zero-order valence-electron chi connectivity index (χ0n) is 16.1. The molecule has 4 rings (SSSR count). The first kappa shape index (κ1) is 18.3. The number of hydrogen-bond acceptors (Lipinski definition) is 8. The SMILES string of the molecule is CNc1ccc(Nc2nccc(Nc3ccnc(-c4cccc(C)n4)n3)n2)cc1. The number of nitrogens with zero attached hydrogens (tertiary/aromatic N) is 5. The molecule has 0 aliphatic heterocycles. The average molecular weight is 384 g/mol. The van der Waals surface area contributed by atoms with Crippen molar-refractivity contribution in [2.75, 3.05) is 23.0 Å². The van der Waals surface area contributed by atoms with Crippen molar-refractivity contribution in [1.29, 1.82) is 0 Å². The third kappa shape index (κ3) is 4.62. The first-order chi connectivity index (χ1) is 14.2. The summed E-state index contributed by atoms with van der Waals surface area (Å²) < 4.78 is 0. The summed E-state index contributed by atoms with van der Waals surface area (Å²) in [6.45, 7) is 1.94. The van der Waals surface area contributed by atoms with E-state index in [1.165, 1.54) is 0 Å². The fourth-order valence-electron chi connectivity index (χ4n) is 2.69. The van der Waals surface area contributed by atoms with Gasteiger partial charge in [-0.05, 0) is 55.5 Å². The molecule has 0 spiro atoms. The molecule has 3 aromatic heterocycles. The maximum atomic E-state index is 4.54. The summed E-state index contributed by atoms with van der Waals surface area (Å²) in [5.41, 5.74) is 3.58. The molecule has 0 aliphatic carbocycles. The predicted octanol–water partition coefficient (Wildman–Crippen LogP) is 4.17. The second kappa shape index (κ2) is 8.30. The van der Waals surface area contributed by atoms with Gasteiger partial charge in [-0.1, -0.05) is 6.07 Å². The highest BCUT2D eigenvalue weighted by Gasteiger charge is 2.06. The zero-order valence-corrected chi connectivity index (χ0v) is 16.1. The molecule has 8 heteroatoms. The van der Waals surface area contributed by atoms with Crippen molar-refractivity contribution in [3.63, 3.8) is 0 Å². The van der Waals surface area contributed by atoms with Crippen LogP contribution >= 0.6 is 0 Å². The third-order valence-corrected chi connectivity index (χ3v) is 4.11. The lowest BCUT2D eigenvalue weighted by Crippen LogP contribution is -2.02. The van der Waals surface area contributed by atoms with Gasteiger partial charge < -0.3 is 16.0 Å².